The van der Waals surface area contributed by atoms with Crippen molar-refractivity contribution in [3.63, 3.8) is 0 Å². The van der Waals surface area contributed by atoms with Gasteiger partial charge >= 0.3 is 0 Å². The highest BCUT2D eigenvalue weighted by Crippen LogP contribution is 2.44. The normalized spacial score (nSPS) is 22.3. The van der Waals surface area contributed by atoms with Crippen LogP contribution in [-0.4, -0.2) is 31.1 Å². The predicted octanol–water partition coefficient (Wildman–Crippen LogP) is 3.69. The predicted molar refractivity (Wildman–Crippen MR) is 87.5 cm³/mol. The summed E-state index contributed by atoms with van der Waals surface area (Å²) in [5, 5.41) is 0. The maximum absolute atomic E-state index is 5.80. The number of hydrogen-bond donors (Lipinski definition) is 1. The number of nitrogens with zero attached hydrogens (tertiary/aromatic N) is 1. The Kier molecular flexibility index (Phi) is 4.69. The van der Waals surface area contributed by atoms with Crippen LogP contribution < -0.4 is 10.5 Å². The van der Waals surface area contributed by atoms with Gasteiger partial charge in [-0.25, -0.2) is 0 Å². The zero-order chi connectivity index (χ0) is 14.5. The minimum absolute atomic E-state index is 0.701. The SMILES string of the molecule is Nc1ccc(OCCN2CCC3(CCCCC3)CC2)cc1. The van der Waals surface area contributed by atoms with Gasteiger partial charge in [0.05, 0.1) is 0 Å². The van der Waals surface area contributed by atoms with Crippen molar-refractivity contribution in [1.29, 1.82) is 0 Å². The summed E-state index contributed by atoms with van der Waals surface area (Å²) >= 11 is 0. The maximum atomic E-state index is 5.80. The topological polar surface area (TPSA) is 38.5 Å². The first-order valence-corrected chi connectivity index (χ1v) is 8.47. The average molecular weight is 288 g/mol. The number of hydrogen-bond acceptors (Lipinski definition) is 3. The summed E-state index contributed by atoms with van der Waals surface area (Å²) in [6, 6.07) is 7.68. The Hall–Kier alpha value is -1.22. The van der Waals surface area contributed by atoms with Crippen LogP contribution in [0.3, 0.4) is 0 Å². The lowest BCUT2D eigenvalue weighted by atomic mass is 9.68. The monoisotopic (exact) mass is 288 g/mol. The Morgan fingerprint density at radius 1 is 0.952 bits per heavy atom. The molecule has 1 aromatic carbocycles. The van der Waals surface area contributed by atoms with E-state index in [4.69, 9.17) is 10.5 Å². The average Bonchev–Trinajstić information content (AvgIpc) is 2.52. The van der Waals surface area contributed by atoms with Crippen LogP contribution in [0.2, 0.25) is 0 Å². The highest BCUT2D eigenvalue weighted by atomic mass is 16.5. The van der Waals surface area contributed by atoms with Crippen molar-refractivity contribution in [3.8, 4) is 5.75 Å². The number of likely N-dealkylation sites (tertiary alicyclic amines) is 1. The van der Waals surface area contributed by atoms with Gasteiger partial charge in [0.25, 0.3) is 0 Å². The summed E-state index contributed by atoms with van der Waals surface area (Å²) in [4.78, 5) is 2.57. The number of nitrogens with two attached hydrogens (primary N) is 1. The fourth-order valence-electron chi connectivity index (χ4n) is 3.91. The van der Waals surface area contributed by atoms with E-state index in [1.807, 2.05) is 24.3 Å². The second-order valence-electron chi connectivity index (χ2n) is 6.82. The molecule has 1 saturated carbocycles. The van der Waals surface area contributed by atoms with Gasteiger partial charge in [0.2, 0.25) is 0 Å². The van der Waals surface area contributed by atoms with Crippen LogP contribution in [0.5, 0.6) is 5.75 Å². The number of benzene rings is 1. The van der Waals surface area contributed by atoms with Crippen molar-refractivity contribution in [2.75, 3.05) is 32.0 Å². The zero-order valence-electron chi connectivity index (χ0n) is 13.0. The van der Waals surface area contributed by atoms with E-state index in [0.29, 0.717) is 5.41 Å². The van der Waals surface area contributed by atoms with Crippen molar-refractivity contribution in [2.45, 2.75) is 44.9 Å². The first-order valence-electron chi connectivity index (χ1n) is 8.47. The molecule has 21 heavy (non-hydrogen) atoms. The molecule has 0 bridgehead atoms. The number of ether oxygens (including phenoxy) is 1. The summed E-state index contributed by atoms with van der Waals surface area (Å²) in [7, 11) is 0. The van der Waals surface area contributed by atoms with E-state index in [9.17, 15) is 0 Å². The van der Waals surface area contributed by atoms with Gasteiger partial charge in [-0.15, -0.1) is 0 Å². The Morgan fingerprint density at radius 3 is 2.29 bits per heavy atom. The molecular formula is C18H28N2O. The summed E-state index contributed by atoms with van der Waals surface area (Å²) in [5.74, 6) is 0.921. The molecule has 3 rings (SSSR count). The fourth-order valence-corrected chi connectivity index (χ4v) is 3.91. The smallest absolute Gasteiger partial charge is 0.119 e. The van der Waals surface area contributed by atoms with Gasteiger partial charge in [-0.1, -0.05) is 19.3 Å². The third-order valence-corrected chi connectivity index (χ3v) is 5.39. The molecule has 2 fully saturated rings. The molecular weight excluding hydrogens is 260 g/mol. The van der Waals surface area contributed by atoms with Crippen LogP contribution >= 0.6 is 0 Å². The van der Waals surface area contributed by atoms with Gasteiger partial charge in [0.15, 0.2) is 0 Å². The minimum Gasteiger partial charge on any atom is -0.492 e. The summed E-state index contributed by atoms with van der Waals surface area (Å²) < 4.78 is 5.80. The highest BCUT2D eigenvalue weighted by molar-refractivity contribution is 5.41. The van der Waals surface area contributed by atoms with Crippen LogP contribution in [-0.2, 0) is 0 Å². The van der Waals surface area contributed by atoms with Gasteiger partial charge in [0.1, 0.15) is 12.4 Å². The first-order chi connectivity index (χ1) is 10.3. The van der Waals surface area contributed by atoms with Gasteiger partial charge in [-0.3, -0.25) is 4.90 Å². The van der Waals surface area contributed by atoms with Crippen molar-refractivity contribution < 1.29 is 4.74 Å². The lowest BCUT2D eigenvalue weighted by Gasteiger charge is -2.44. The first kappa shape index (κ1) is 14.7. The van der Waals surface area contributed by atoms with E-state index >= 15 is 0 Å². The molecule has 1 spiro atoms. The molecule has 2 N–H and O–H groups in total. The second kappa shape index (κ2) is 6.69. The lowest BCUT2D eigenvalue weighted by molar-refractivity contribution is 0.0609. The van der Waals surface area contributed by atoms with Gasteiger partial charge in [-0.2, -0.15) is 0 Å². The van der Waals surface area contributed by atoms with E-state index in [2.05, 4.69) is 4.90 Å². The third-order valence-electron chi connectivity index (χ3n) is 5.39. The summed E-state index contributed by atoms with van der Waals surface area (Å²) in [6.07, 6.45) is 10.1. The van der Waals surface area contributed by atoms with E-state index in [-0.39, 0.29) is 0 Å². The molecule has 0 aromatic heterocycles. The molecule has 0 atom stereocenters. The van der Waals surface area contributed by atoms with Crippen LogP contribution in [0.4, 0.5) is 5.69 Å². The Morgan fingerprint density at radius 2 is 1.62 bits per heavy atom. The molecule has 2 aliphatic rings. The number of anilines is 1. The van der Waals surface area contributed by atoms with Crippen molar-refractivity contribution in [3.05, 3.63) is 24.3 Å². The van der Waals surface area contributed by atoms with Crippen LogP contribution in [0.1, 0.15) is 44.9 Å². The van der Waals surface area contributed by atoms with Crippen LogP contribution in [0.25, 0.3) is 0 Å². The minimum atomic E-state index is 0.701. The van der Waals surface area contributed by atoms with Crippen molar-refractivity contribution in [1.82, 2.24) is 4.90 Å². The van der Waals surface area contributed by atoms with E-state index < -0.39 is 0 Å². The number of piperidine rings is 1. The van der Waals surface area contributed by atoms with E-state index in [0.717, 1.165) is 24.6 Å². The summed E-state index contributed by atoms with van der Waals surface area (Å²) in [6.45, 7) is 4.33. The Labute approximate surface area is 128 Å². The van der Waals surface area contributed by atoms with Crippen LogP contribution in [0.15, 0.2) is 24.3 Å². The standard InChI is InChI=1S/C18H28N2O/c19-16-4-6-17(7-5-16)21-15-14-20-12-10-18(11-13-20)8-2-1-3-9-18/h4-7H,1-3,8-15,19H2. The number of nitrogen functional groups attached to an aromatic ring is 1. The van der Waals surface area contributed by atoms with Gasteiger partial charge in [0, 0.05) is 12.2 Å². The molecule has 1 aromatic rings. The van der Waals surface area contributed by atoms with Crippen molar-refractivity contribution in [2.24, 2.45) is 5.41 Å². The molecule has 1 heterocycles. The molecule has 0 radical (unpaired) electrons. The maximum Gasteiger partial charge on any atom is 0.119 e. The van der Waals surface area contributed by atoms with E-state index in [1.165, 1.54) is 58.0 Å². The third kappa shape index (κ3) is 3.91. The van der Waals surface area contributed by atoms with Gasteiger partial charge < -0.3 is 10.5 Å². The fraction of sp³-hybridized carbons (Fsp3) is 0.667. The lowest BCUT2D eigenvalue weighted by Crippen LogP contribution is -2.42. The number of rotatable bonds is 4. The molecule has 116 valence electrons. The molecule has 1 aliphatic carbocycles. The summed E-state index contributed by atoms with van der Waals surface area (Å²) in [5.41, 5.74) is 7.17. The molecule has 0 amide bonds. The Balaban J connectivity index is 1.38. The molecule has 3 heteroatoms. The Bertz CT molecular complexity index is 427. The highest BCUT2D eigenvalue weighted by Gasteiger charge is 2.35. The van der Waals surface area contributed by atoms with Crippen molar-refractivity contribution >= 4 is 5.69 Å². The largest absolute Gasteiger partial charge is 0.492 e. The molecule has 1 aliphatic heterocycles. The molecule has 0 unspecified atom stereocenters. The van der Waals surface area contributed by atoms with Crippen LogP contribution in [0, 0.1) is 5.41 Å². The second-order valence-corrected chi connectivity index (χ2v) is 6.82. The zero-order valence-corrected chi connectivity index (χ0v) is 13.0. The van der Waals surface area contributed by atoms with Gasteiger partial charge in [-0.05, 0) is 68.5 Å². The quantitative estimate of drug-likeness (QED) is 0.859. The van der Waals surface area contributed by atoms with E-state index in [1.54, 1.807) is 0 Å². The molecule has 1 saturated heterocycles. The molecule has 3 nitrogen and oxygen atoms in total.